The summed E-state index contributed by atoms with van der Waals surface area (Å²) in [6.07, 6.45) is -3.50. The quantitative estimate of drug-likeness (QED) is 0.182. The Morgan fingerprint density at radius 1 is 1.29 bits per heavy atom. The number of ether oxygens (including phenoxy) is 3. The lowest BCUT2D eigenvalue weighted by atomic mass is 10.0. The van der Waals surface area contributed by atoms with Crippen molar-refractivity contribution in [3.63, 3.8) is 0 Å². The van der Waals surface area contributed by atoms with Crippen molar-refractivity contribution in [2.24, 2.45) is 0 Å². The lowest BCUT2D eigenvalue weighted by molar-refractivity contribution is -0.165. The normalized spacial score (nSPS) is 20.8. The molecule has 0 aromatic carbocycles. The van der Waals surface area contributed by atoms with E-state index in [-0.39, 0.29) is 25.5 Å². The highest BCUT2D eigenvalue weighted by molar-refractivity contribution is 7.48. The number of halogens is 3. The van der Waals surface area contributed by atoms with Crippen LogP contribution in [-0.2, 0) is 28.3 Å². The second kappa shape index (κ2) is 16.1. The molecule has 0 radical (unpaired) electrons. The molecule has 0 aliphatic carbocycles. The van der Waals surface area contributed by atoms with Crippen LogP contribution in [0.3, 0.4) is 0 Å². The summed E-state index contributed by atoms with van der Waals surface area (Å²) in [6.45, 7) is 7.96. The molecule has 0 saturated carbocycles. The molecule has 3 N–H and O–H groups in total. The number of alkyl halides is 2. The van der Waals surface area contributed by atoms with Gasteiger partial charge in [0.2, 0.25) is 5.82 Å². The van der Waals surface area contributed by atoms with Gasteiger partial charge in [0.1, 0.15) is 18.6 Å². The molecular formula is C22H36F3N4O8P. The van der Waals surface area contributed by atoms with Crippen molar-refractivity contribution < 1.29 is 41.5 Å². The van der Waals surface area contributed by atoms with Gasteiger partial charge < -0.3 is 23.5 Å². The van der Waals surface area contributed by atoms with Gasteiger partial charge in [0, 0.05) is 7.11 Å². The van der Waals surface area contributed by atoms with E-state index in [1.54, 1.807) is 25.9 Å². The molecule has 4 unspecified atom stereocenters. The van der Waals surface area contributed by atoms with E-state index >= 15 is 0 Å². The Hall–Kier alpha value is -2.16. The first-order valence-corrected chi connectivity index (χ1v) is 13.1. The van der Waals surface area contributed by atoms with Crippen molar-refractivity contribution in [3.8, 4) is 0 Å². The van der Waals surface area contributed by atoms with Crippen molar-refractivity contribution in [1.29, 1.82) is 0 Å². The number of rotatable bonds is 13. The van der Waals surface area contributed by atoms with Crippen LogP contribution in [-0.4, -0.2) is 72.3 Å². The topological polar surface area (TPSA) is 150 Å². The predicted octanol–water partition coefficient (Wildman–Crippen LogP) is 1.99. The molecule has 1 saturated heterocycles. The number of carbonyl (C=O) groups is 2. The number of nitrogens with zero attached hydrogens (tertiary/aromatic N) is 1. The zero-order valence-corrected chi connectivity index (χ0v) is 23.1. The molecule has 0 bridgehead atoms. The van der Waals surface area contributed by atoms with E-state index in [0.29, 0.717) is 23.2 Å². The second-order valence-corrected chi connectivity index (χ2v) is 10.3. The van der Waals surface area contributed by atoms with Crippen LogP contribution in [0.15, 0.2) is 15.8 Å². The van der Waals surface area contributed by atoms with E-state index in [0.717, 1.165) is 0 Å². The molecule has 218 valence electrons. The SMILES string of the molecule is CC(C)OC(=O)C(C)NP(NCC=O)OCC1(C(F)F)CCC(n2cc(F)c(=O)[nH]c2=O)O1.COC(C)C. The average molecular weight is 573 g/mol. The van der Waals surface area contributed by atoms with E-state index in [9.17, 15) is 32.3 Å². The van der Waals surface area contributed by atoms with Gasteiger partial charge in [-0.3, -0.25) is 24.2 Å². The molecule has 1 aliphatic heterocycles. The monoisotopic (exact) mass is 572 g/mol. The molecule has 2 rings (SSSR count). The Morgan fingerprint density at radius 3 is 2.45 bits per heavy atom. The van der Waals surface area contributed by atoms with Crippen LogP contribution in [0.5, 0.6) is 0 Å². The fraction of sp³-hybridized carbons (Fsp3) is 0.727. The van der Waals surface area contributed by atoms with E-state index in [1.807, 2.05) is 13.8 Å². The van der Waals surface area contributed by atoms with Crippen molar-refractivity contribution in [1.82, 2.24) is 19.7 Å². The predicted molar refractivity (Wildman–Crippen MR) is 132 cm³/mol. The van der Waals surface area contributed by atoms with Crippen LogP contribution in [0.1, 0.15) is 53.7 Å². The molecule has 1 aliphatic rings. The van der Waals surface area contributed by atoms with Crippen molar-refractivity contribution in [2.75, 3.05) is 20.3 Å². The number of carbonyl (C=O) groups excluding carboxylic acids is 2. The maximum Gasteiger partial charge on any atom is 0.330 e. The summed E-state index contributed by atoms with van der Waals surface area (Å²) >= 11 is 0. The van der Waals surface area contributed by atoms with Crippen LogP contribution in [0.4, 0.5) is 13.2 Å². The maximum absolute atomic E-state index is 14.0. The molecule has 12 nitrogen and oxygen atoms in total. The summed E-state index contributed by atoms with van der Waals surface area (Å²) in [5, 5.41) is 5.42. The minimum absolute atomic E-state index is 0.0800. The van der Waals surface area contributed by atoms with E-state index < -0.39 is 62.4 Å². The fourth-order valence-electron chi connectivity index (χ4n) is 2.94. The van der Waals surface area contributed by atoms with Gasteiger partial charge in [-0.2, -0.15) is 4.39 Å². The van der Waals surface area contributed by atoms with Gasteiger partial charge in [-0.1, -0.05) is 0 Å². The van der Waals surface area contributed by atoms with Crippen LogP contribution >= 0.6 is 8.45 Å². The number of aldehydes is 1. The third-order valence-electron chi connectivity index (χ3n) is 5.06. The minimum atomic E-state index is -3.04. The number of methoxy groups -OCH3 is 1. The van der Waals surface area contributed by atoms with Crippen LogP contribution in [0.25, 0.3) is 0 Å². The van der Waals surface area contributed by atoms with Crippen LogP contribution < -0.4 is 21.4 Å². The Kier molecular flexibility index (Phi) is 14.3. The number of esters is 1. The lowest BCUT2D eigenvalue weighted by Crippen LogP contribution is -2.44. The standard InChI is InChI=1S/C18H26F3N4O7P.C4H10O/c1-10(2)31-15(28)11(3)24-33(22-6-7-26)30-9-18(16(20)21)5-4-13(32-18)25-8-12(19)14(27)23-17(25)29;1-4(2)5-3/h7-8,10-11,13,16,22,24H,4-6,9H2,1-3H3,(H,23,27,29);4H,1-3H3. The molecular weight excluding hydrogens is 536 g/mol. The Morgan fingerprint density at radius 2 is 1.92 bits per heavy atom. The van der Waals surface area contributed by atoms with Crippen molar-refractivity contribution >= 4 is 20.7 Å². The molecule has 38 heavy (non-hydrogen) atoms. The number of aromatic amines is 1. The van der Waals surface area contributed by atoms with Gasteiger partial charge in [-0.25, -0.2) is 18.7 Å². The summed E-state index contributed by atoms with van der Waals surface area (Å²) in [5.74, 6) is -1.87. The molecule has 2 heterocycles. The maximum atomic E-state index is 14.0. The largest absolute Gasteiger partial charge is 0.462 e. The number of nitrogens with one attached hydrogen (secondary N) is 3. The molecule has 16 heteroatoms. The molecule has 1 fully saturated rings. The smallest absolute Gasteiger partial charge is 0.330 e. The zero-order chi connectivity index (χ0) is 29.0. The van der Waals surface area contributed by atoms with Gasteiger partial charge in [0.05, 0.1) is 31.6 Å². The number of aromatic nitrogens is 2. The molecule has 1 aromatic rings. The van der Waals surface area contributed by atoms with Gasteiger partial charge in [0.15, 0.2) is 14.1 Å². The number of hydrogen-bond acceptors (Lipinski definition) is 10. The molecule has 1 aromatic heterocycles. The van der Waals surface area contributed by atoms with E-state index in [4.69, 9.17) is 18.7 Å². The highest BCUT2D eigenvalue weighted by atomic mass is 31.2. The first kappa shape index (κ1) is 33.9. The van der Waals surface area contributed by atoms with Gasteiger partial charge in [0.25, 0.3) is 12.0 Å². The Bertz CT molecular complexity index is 1010. The van der Waals surface area contributed by atoms with Gasteiger partial charge in [-0.15, -0.1) is 0 Å². The lowest BCUT2D eigenvalue weighted by Gasteiger charge is -2.31. The number of hydrogen-bond donors (Lipinski definition) is 3. The second-order valence-electron chi connectivity index (χ2n) is 8.84. The summed E-state index contributed by atoms with van der Waals surface area (Å²) in [7, 11) is -0.243. The minimum Gasteiger partial charge on any atom is -0.462 e. The molecule has 0 spiro atoms. The molecule has 0 amide bonds. The first-order valence-electron chi connectivity index (χ1n) is 11.8. The van der Waals surface area contributed by atoms with Gasteiger partial charge >= 0.3 is 11.7 Å². The highest BCUT2D eigenvalue weighted by Gasteiger charge is 2.49. The van der Waals surface area contributed by atoms with Crippen molar-refractivity contribution in [2.45, 2.75) is 84.0 Å². The number of H-pyrrole nitrogens is 1. The summed E-state index contributed by atoms with van der Waals surface area (Å²) in [5.41, 5.74) is -4.39. The van der Waals surface area contributed by atoms with Crippen LogP contribution in [0.2, 0.25) is 0 Å². The van der Waals surface area contributed by atoms with E-state index in [1.165, 1.54) is 6.92 Å². The molecule has 4 atom stereocenters. The van der Waals surface area contributed by atoms with Crippen LogP contribution in [0, 0.1) is 5.82 Å². The average Bonchev–Trinajstić information content (AvgIpc) is 3.28. The third-order valence-corrected chi connectivity index (χ3v) is 6.54. The summed E-state index contributed by atoms with van der Waals surface area (Å²) < 4.78 is 63.0. The van der Waals surface area contributed by atoms with E-state index in [2.05, 4.69) is 10.2 Å². The first-order chi connectivity index (χ1) is 17.8. The fourth-order valence-corrected chi connectivity index (χ4v) is 4.24. The summed E-state index contributed by atoms with van der Waals surface area (Å²) in [4.78, 5) is 47.7. The highest BCUT2D eigenvalue weighted by Crippen LogP contribution is 2.42. The Labute approximate surface area is 219 Å². The van der Waals surface area contributed by atoms with Crippen molar-refractivity contribution in [3.05, 3.63) is 32.9 Å². The zero-order valence-electron chi connectivity index (χ0n) is 22.2. The Balaban J connectivity index is 0.00000132. The third kappa shape index (κ3) is 10.5. The van der Waals surface area contributed by atoms with Gasteiger partial charge in [-0.05, 0) is 47.5 Å². The summed E-state index contributed by atoms with van der Waals surface area (Å²) in [6, 6.07) is -0.875.